The smallest absolute Gasteiger partial charge is 0.220 e. The number of aromatic nitrogens is 1. The Bertz CT molecular complexity index is 814. The Morgan fingerprint density at radius 2 is 2.03 bits per heavy atom. The number of rotatable bonds is 8. The Labute approximate surface area is 174 Å². The minimum atomic E-state index is 0.187. The third-order valence-corrected chi connectivity index (χ3v) is 6.82. The van der Waals surface area contributed by atoms with Crippen LogP contribution >= 0.6 is 0 Å². The molecule has 1 N–H and O–H groups in total. The molecule has 2 saturated heterocycles. The van der Waals surface area contributed by atoms with Gasteiger partial charge in [-0.3, -0.25) is 4.79 Å². The van der Waals surface area contributed by atoms with Crippen molar-refractivity contribution >= 4 is 16.8 Å². The van der Waals surface area contributed by atoms with E-state index in [2.05, 4.69) is 45.2 Å². The highest BCUT2D eigenvalue weighted by molar-refractivity contribution is 5.85. The average molecular weight is 398 g/mol. The van der Waals surface area contributed by atoms with Crippen molar-refractivity contribution in [3.05, 3.63) is 36.0 Å². The summed E-state index contributed by atoms with van der Waals surface area (Å²) < 4.78 is 7.48. The van der Waals surface area contributed by atoms with Crippen molar-refractivity contribution in [2.75, 3.05) is 33.4 Å². The van der Waals surface area contributed by atoms with E-state index in [0.29, 0.717) is 25.0 Å². The molecule has 2 aliphatic heterocycles. The summed E-state index contributed by atoms with van der Waals surface area (Å²) in [5.74, 6) is 0.815. The zero-order valence-corrected chi connectivity index (χ0v) is 17.7. The van der Waals surface area contributed by atoms with Gasteiger partial charge >= 0.3 is 0 Å². The van der Waals surface area contributed by atoms with Gasteiger partial charge in [0.2, 0.25) is 5.91 Å². The Hall–Kier alpha value is -1.85. The standard InChI is InChI=1S/C24H35N3O2/c1-29-16-15-27-18-20(21-8-2-3-10-23(21)27)11-12-24(28)25-17-19-7-6-14-26-13-5-4-9-22(19)26/h2-3,8,10,18-19,22H,4-7,9,11-17H2,1H3,(H,25,28)/t19-,22+/m1/s1. The highest BCUT2D eigenvalue weighted by Crippen LogP contribution is 2.30. The van der Waals surface area contributed by atoms with Crippen molar-refractivity contribution in [3.63, 3.8) is 0 Å². The molecular formula is C24H35N3O2. The molecule has 2 atom stereocenters. The molecule has 2 aliphatic rings. The number of carbonyl (C=O) groups is 1. The van der Waals surface area contributed by atoms with E-state index in [1.165, 1.54) is 61.7 Å². The van der Waals surface area contributed by atoms with Crippen LogP contribution in [0, 0.1) is 5.92 Å². The molecule has 2 fully saturated rings. The van der Waals surface area contributed by atoms with Gasteiger partial charge in [0.25, 0.3) is 0 Å². The SMILES string of the molecule is COCCn1cc(CCC(=O)NC[C@H]2CCCN3CCCC[C@@H]23)c2ccccc21. The molecule has 0 aliphatic carbocycles. The van der Waals surface area contributed by atoms with Gasteiger partial charge in [0.1, 0.15) is 0 Å². The number of carbonyl (C=O) groups excluding carboxylic acids is 1. The number of methoxy groups -OCH3 is 1. The van der Waals surface area contributed by atoms with Crippen LogP contribution in [0.25, 0.3) is 10.9 Å². The van der Waals surface area contributed by atoms with Gasteiger partial charge in [0.05, 0.1) is 6.61 Å². The maximum absolute atomic E-state index is 12.6. The maximum atomic E-state index is 12.6. The second kappa shape index (κ2) is 9.77. The van der Waals surface area contributed by atoms with Gasteiger partial charge < -0.3 is 19.5 Å². The number of hydrogen-bond acceptors (Lipinski definition) is 3. The van der Waals surface area contributed by atoms with E-state index < -0.39 is 0 Å². The molecule has 5 nitrogen and oxygen atoms in total. The van der Waals surface area contributed by atoms with Gasteiger partial charge in [0.15, 0.2) is 0 Å². The molecule has 0 spiro atoms. The Kier molecular flexibility index (Phi) is 6.88. The quantitative estimate of drug-likeness (QED) is 0.740. The lowest BCUT2D eigenvalue weighted by atomic mass is 9.83. The predicted molar refractivity (Wildman–Crippen MR) is 117 cm³/mol. The molecule has 0 bridgehead atoms. The van der Waals surface area contributed by atoms with Crippen molar-refractivity contribution in [2.45, 2.75) is 57.5 Å². The second-order valence-corrected chi connectivity index (χ2v) is 8.66. The summed E-state index contributed by atoms with van der Waals surface area (Å²) in [6.45, 7) is 4.88. The van der Waals surface area contributed by atoms with Crippen molar-refractivity contribution < 1.29 is 9.53 Å². The van der Waals surface area contributed by atoms with Crippen molar-refractivity contribution in [1.29, 1.82) is 0 Å². The van der Waals surface area contributed by atoms with Crippen LogP contribution in [0.4, 0.5) is 0 Å². The van der Waals surface area contributed by atoms with Gasteiger partial charge in [-0.2, -0.15) is 0 Å². The van der Waals surface area contributed by atoms with E-state index in [1.807, 2.05) is 0 Å². The van der Waals surface area contributed by atoms with Crippen LogP contribution < -0.4 is 5.32 Å². The monoisotopic (exact) mass is 397 g/mol. The fraction of sp³-hybridized carbons (Fsp3) is 0.625. The number of para-hydroxylation sites is 1. The van der Waals surface area contributed by atoms with Crippen LogP contribution in [-0.2, 0) is 22.5 Å². The van der Waals surface area contributed by atoms with Gasteiger partial charge in [-0.05, 0) is 62.7 Å². The van der Waals surface area contributed by atoms with Crippen LogP contribution in [0.3, 0.4) is 0 Å². The molecule has 0 unspecified atom stereocenters. The number of ether oxygens (including phenoxy) is 1. The number of piperidine rings is 2. The van der Waals surface area contributed by atoms with Crippen LogP contribution in [0.2, 0.25) is 0 Å². The molecule has 2 aromatic rings. The fourth-order valence-corrected chi connectivity index (χ4v) is 5.29. The van der Waals surface area contributed by atoms with Crippen molar-refractivity contribution in [1.82, 2.24) is 14.8 Å². The molecule has 5 heteroatoms. The summed E-state index contributed by atoms with van der Waals surface area (Å²) in [4.78, 5) is 15.2. The van der Waals surface area contributed by atoms with Gasteiger partial charge in [-0.25, -0.2) is 0 Å². The lowest BCUT2D eigenvalue weighted by Crippen LogP contribution is -2.51. The number of amides is 1. The number of benzene rings is 1. The zero-order valence-electron chi connectivity index (χ0n) is 17.7. The first-order chi connectivity index (χ1) is 14.3. The van der Waals surface area contributed by atoms with E-state index in [-0.39, 0.29) is 5.91 Å². The average Bonchev–Trinajstić information content (AvgIpc) is 3.12. The Morgan fingerprint density at radius 1 is 1.17 bits per heavy atom. The summed E-state index contributed by atoms with van der Waals surface area (Å²) in [6, 6.07) is 9.14. The fourth-order valence-electron chi connectivity index (χ4n) is 5.29. The predicted octanol–water partition coefficient (Wildman–Crippen LogP) is 3.60. The molecule has 158 valence electrons. The lowest BCUT2D eigenvalue weighted by Gasteiger charge is -2.44. The summed E-state index contributed by atoms with van der Waals surface area (Å²) in [6.07, 6.45) is 10.1. The van der Waals surface area contributed by atoms with E-state index in [1.54, 1.807) is 7.11 Å². The number of fused-ring (bicyclic) bond motifs is 2. The number of nitrogens with zero attached hydrogens (tertiary/aromatic N) is 2. The third-order valence-electron chi connectivity index (χ3n) is 6.82. The van der Waals surface area contributed by atoms with Crippen LogP contribution in [0.15, 0.2) is 30.5 Å². The molecule has 1 amide bonds. The minimum absolute atomic E-state index is 0.187. The molecule has 0 radical (unpaired) electrons. The molecule has 1 aromatic heterocycles. The van der Waals surface area contributed by atoms with E-state index in [4.69, 9.17) is 4.74 Å². The summed E-state index contributed by atoms with van der Waals surface area (Å²) >= 11 is 0. The first kappa shape index (κ1) is 20.4. The molecular weight excluding hydrogens is 362 g/mol. The first-order valence-corrected chi connectivity index (χ1v) is 11.3. The Balaban J connectivity index is 1.31. The highest BCUT2D eigenvalue weighted by Gasteiger charge is 2.32. The first-order valence-electron chi connectivity index (χ1n) is 11.3. The minimum Gasteiger partial charge on any atom is -0.383 e. The summed E-state index contributed by atoms with van der Waals surface area (Å²) in [5, 5.41) is 4.50. The van der Waals surface area contributed by atoms with Gasteiger partial charge in [-0.1, -0.05) is 24.6 Å². The van der Waals surface area contributed by atoms with E-state index >= 15 is 0 Å². The van der Waals surface area contributed by atoms with Gasteiger partial charge in [0, 0.05) is 49.8 Å². The van der Waals surface area contributed by atoms with Gasteiger partial charge in [-0.15, -0.1) is 0 Å². The second-order valence-electron chi connectivity index (χ2n) is 8.66. The lowest BCUT2D eigenvalue weighted by molar-refractivity contribution is -0.121. The van der Waals surface area contributed by atoms with Crippen molar-refractivity contribution in [2.24, 2.45) is 5.92 Å². The molecule has 1 aromatic carbocycles. The summed E-state index contributed by atoms with van der Waals surface area (Å²) in [7, 11) is 1.73. The maximum Gasteiger partial charge on any atom is 0.220 e. The van der Waals surface area contributed by atoms with Crippen LogP contribution in [0.1, 0.15) is 44.1 Å². The van der Waals surface area contributed by atoms with Crippen molar-refractivity contribution in [3.8, 4) is 0 Å². The third kappa shape index (κ3) is 4.84. The van der Waals surface area contributed by atoms with Crippen LogP contribution in [0.5, 0.6) is 0 Å². The van der Waals surface area contributed by atoms with Crippen LogP contribution in [-0.4, -0.2) is 54.8 Å². The van der Waals surface area contributed by atoms with E-state index in [0.717, 1.165) is 19.5 Å². The molecule has 29 heavy (non-hydrogen) atoms. The largest absolute Gasteiger partial charge is 0.383 e. The number of aryl methyl sites for hydroxylation is 1. The Morgan fingerprint density at radius 3 is 2.93 bits per heavy atom. The number of nitrogens with one attached hydrogen (secondary N) is 1. The normalized spacial score (nSPS) is 22.5. The molecule has 0 saturated carbocycles. The highest BCUT2D eigenvalue weighted by atomic mass is 16.5. The molecule has 3 heterocycles. The summed E-state index contributed by atoms with van der Waals surface area (Å²) in [5.41, 5.74) is 2.47. The zero-order chi connectivity index (χ0) is 20.1. The number of hydrogen-bond donors (Lipinski definition) is 1. The molecule has 4 rings (SSSR count). The topological polar surface area (TPSA) is 46.5 Å². The van der Waals surface area contributed by atoms with E-state index in [9.17, 15) is 4.79 Å².